The standard InChI is InChI=1S/C24H27N7O2/c1-17-4-3-10-31(17)12-13-32-19-6-8-23(25-15-19)33-18-5-7-21-20(14-18)24(27-16-26-21)28-22-9-11-30(2)29-22/h5-9,11,14-17H,3-4,10,12-13H2,1-2H3,(H,26,27,28,29)/p+1/t17-/m1/s1. The second-order valence-corrected chi connectivity index (χ2v) is 8.39. The van der Waals surface area contributed by atoms with Crippen molar-refractivity contribution in [3.8, 4) is 17.4 Å². The molecule has 1 aliphatic heterocycles. The number of pyridine rings is 1. The third-order valence-corrected chi connectivity index (χ3v) is 6.02. The van der Waals surface area contributed by atoms with E-state index in [9.17, 15) is 0 Å². The molecule has 33 heavy (non-hydrogen) atoms. The van der Waals surface area contributed by atoms with Crippen molar-refractivity contribution in [3.63, 3.8) is 0 Å². The first kappa shape index (κ1) is 21.1. The Balaban J connectivity index is 1.24. The fraction of sp³-hybridized carbons (Fsp3) is 0.333. The van der Waals surface area contributed by atoms with Gasteiger partial charge in [-0.05, 0) is 31.2 Å². The Bertz CT molecular complexity index is 1230. The monoisotopic (exact) mass is 446 g/mol. The number of aromatic nitrogens is 5. The Hall–Kier alpha value is -3.72. The quantitative estimate of drug-likeness (QED) is 0.430. The third kappa shape index (κ3) is 5.04. The molecule has 0 amide bonds. The molecule has 5 rings (SSSR count). The summed E-state index contributed by atoms with van der Waals surface area (Å²) < 4.78 is 13.6. The smallest absolute Gasteiger partial charge is 0.219 e. The number of ether oxygens (including phenoxy) is 2. The minimum Gasteiger partial charge on any atom is -0.486 e. The van der Waals surface area contributed by atoms with E-state index in [2.05, 4.69) is 32.3 Å². The molecule has 4 heterocycles. The van der Waals surface area contributed by atoms with Crippen molar-refractivity contribution in [2.24, 2.45) is 7.05 Å². The van der Waals surface area contributed by atoms with Crippen molar-refractivity contribution in [2.45, 2.75) is 25.8 Å². The van der Waals surface area contributed by atoms with Crippen LogP contribution in [0.15, 0.2) is 55.1 Å². The molecule has 0 radical (unpaired) electrons. The topological polar surface area (TPSA) is 91.4 Å². The lowest BCUT2D eigenvalue weighted by Crippen LogP contribution is -3.13. The number of aryl methyl sites for hydroxylation is 1. The second-order valence-electron chi connectivity index (χ2n) is 8.39. The SMILES string of the molecule is C[C@@H]1CCC[NH+]1CCOc1ccc(Oc2ccc3ncnc(Nc4ccn(C)n4)c3c2)nc1. The van der Waals surface area contributed by atoms with E-state index in [0.717, 1.165) is 29.2 Å². The lowest BCUT2D eigenvalue weighted by Gasteiger charge is -2.18. The third-order valence-electron chi connectivity index (χ3n) is 6.02. The molecule has 1 aliphatic rings. The number of hydrogen-bond donors (Lipinski definition) is 2. The zero-order valence-electron chi connectivity index (χ0n) is 18.9. The lowest BCUT2D eigenvalue weighted by atomic mass is 10.2. The van der Waals surface area contributed by atoms with Crippen molar-refractivity contribution in [1.82, 2.24) is 24.7 Å². The molecule has 4 aromatic rings. The molecule has 2 atom stereocenters. The highest BCUT2D eigenvalue weighted by Gasteiger charge is 2.23. The van der Waals surface area contributed by atoms with E-state index in [1.54, 1.807) is 15.8 Å². The molecule has 0 aliphatic carbocycles. The summed E-state index contributed by atoms with van der Waals surface area (Å²) in [5.41, 5.74) is 0.807. The molecule has 9 heteroatoms. The number of nitrogens with zero attached hydrogens (tertiary/aromatic N) is 5. The number of hydrogen-bond acceptors (Lipinski definition) is 7. The molecule has 9 nitrogen and oxygen atoms in total. The van der Waals surface area contributed by atoms with E-state index in [0.29, 0.717) is 29.9 Å². The molecule has 3 aromatic heterocycles. The molecule has 0 spiro atoms. The minimum absolute atomic E-state index is 0.497. The summed E-state index contributed by atoms with van der Waals surface area (Å²) in [6, 6.07) is 12.0. The van der Waals surface area contributed by atoms with Crippen LogP contribution in [0.25, 0.3) is 10.9 Å². The number of likely N-dealkylation sites (tertiary alicyclic amines) is 1. The van der Waals surface area contributed by atoms with E-state index in [1.165, 1.54) is 25.7 Å². The van der Waals surface area contributed by atoms with Crippen molar-refractivity contribution >= 4 is 22.5 Å². The van der Waals surface area contributed by atoms with Crippen LogP contribution >= 0.6 is 0 Å². The molecule has 1 aromatic carbocycles. The number of benzene rings is 1. The lowest BCUT2D eigenvalue weighted by molar-refractivity contribution is -0.910. The summed E-state index contributed by atoms with van der Waals surface area (Å²) >= 11 is 0. The average molecular weight is 447 g/mol. The van der Waals surface area contributed by atoms with Crippen LogP contribution in [0, 0.1) is 0 Å². The van der Waals surface area contributed by atoms with E-state index in [4.69, 9.17) is 9.47 Å². The minimum atomic E-state index is 0.497. The van der Waals surface area contributed by atoms with Gasteiger partial charge in [-0.15, -0.1) is 0 Å². The summed E-state index contributed by atoms with van der Waals surface area (Å²) in [6.45, 7) is 5.27. The fourth-order valence-corrected chi connectivity index (χ4v) is 4.19. The van der Waals surface area contributed by atoms with Gasteiger partial charge in [0.1, 0.15) is 36.8 Å². The molecule has 1 fully saturated rings. The number of anilines is 2. The van der Waals surface area contributed by atoms with E-state index in [1.807, 2.05) is 49.6 Å². The maximum Gasteiger partial charge on any atom is 0.219 e. The molecule has 1 unspecified atom stereocenters. The van der Waals surface area contributed by atoms with Crippen LogP contribution in [-0.4, -0.2) is 50.5 Å². The Morgan fingerprint density at radius 2 is 2.03 bits per heavy atom. The summed E-state index contributed by atoms with van der Waals surface area (Å²) in [6.07, 6.45) is 7.72. The van der Waals surface area contributed by atoms with Crippen LogP contribution in [-0.2, 0) is 7.05 Å². The van der Waals surface area contributed by atoms with Crippen LogP contribution in [0.1, 0.15) is 19.8 Å². The first-order valence-corrected chi connectivity index (χ1v) is 11.3. The van der Waals surface area contributed by atoms with Crippen LogP contribution in [0.2, 0.25) is 0 Å². The Kier molecular flexibility index (Phi) is 6.03. The van der Waals surface area contributed by atoms with Gasteiger partial charge in [-0.1, -0.05) is 0 Å². The molecule has 1 saturated heterocycles. The summed E-state index contributed by atoms with van der Waals surface area (Å²) in [5, 5.41) is 8.42. The number of quaternary nitrogens is 1. The van der Waals surface area contributed by atoms with Gasteiger partial charge < -0.3 is 19.7 Å². The van der Waals surface area contributed by atoms with Gasteiger partial charge in [0.15, 0.2) is 5.82 Å². The van der Waals surface area contributed by atoms with Crippen molar-refractivity contribution in [2.75, 3.05) is 25.0 Å². The first-order chi connectivity index (χ1) is 16.1. The normalized spacial score (nSPS) is 17.9. The maximum atomic E-state index is 5.98. The highest BCUT2D eigenvalue weighted by molar-refractivity contribution is 5.91. The molecule has 0 saturated carbocycles. The van der Waals surface area contributed by atoms with Crippen molar-refractivity contribution in [1.29, 1.82) is 0 Å². The molecular formula is C24H28N7O2+. The van der Waals surface area contributed by atoms with Gasteiger partial charge in [0.25, 0.3) is 0 Å². The summed E-state index contributed by atoms with van der Waals surface area (Å²) in [5.74, 6) is 3.27. The predicted molar refractivity (Wildman–Crippen MR) is 125 cm³/mol. The second kappa shape index (κ2) is 9.41. The molecule has 170 valence electrons. The van der Waals surface area contributed by atoms with Gasteiger partial charge >= 0.3 is 0 Å². The van der Waals surface area contributed by atoms with Gasteiger partial charge in [-0.2, -0.15) is 5.10 Å². The zero-order valence-corrected chi connectivity index (χ0v) is 18.9. The van der Waals surface area contributed by atoms with Gasteiger partial charge in [-0.25, -0.2) is 15.0 Å². The Morgan fingerprint density at radius 1 is 1.12 bits per heavy atom. The van der Waals surface area contributed by atoms with Gasteiger partial charge in [0, 0.05) is 43.6 Å². The van der Waals surface area contributed by atoms with Gasteiger partial charge in [0.2, 0.25) is 5.88 Å². The fourth-order valence-electron chi connectivity index (χ4n) is 4.19. The van der Waals surface area contributed by atoms with E-state index < -0.39 is 0 Å². The van der Waals surface area contributed by atoms with Crippen LogP contribution in [0.4, 0.5) is 11.6 Å². The molecule has 2 N–H and O–H groups in total. The Labute approximate surface area is 192 Å². The average Bonchev–Trinajstić information content (AvgIpc) is 3.43. The number of nitrogens with one attached hydrogen (secondary N) is 2. The predicted octanol–water partition coefficient (Wildman–Crippen LogP) is 2.74. The Morgan fingerprint density at radius 3 is 2.79 bits per heavy atom. The highest BCUT2D eigenvalue weighted by atomic mass is 16.5. The summed E-state index contributed by atoms with van der Waals surface area (Å²) in [7, 11) is 1.87. The first-order valence-electron chi connectivity index (χ1n) is 11.3. The maximum absolute atomic E-state index is 5.98. The summed E-state index contributed by atoms with van der Waals surface area (Å²) in [4.78, 5) is 14.7. The molecular weight excluding hydrogens is 418 g/mol. The van der Waals surface area contributed by atoms with E-state index >= 15 is 0 Å². The highest BCUT2D eigenvalue weighted by Crippen LogP contribution is 2.28. The zero-order chi connectivity index (χ0) is 22.6. The van der Waals surface area contributed by atoms with Crippen LogP contribution < -0.4 is 19.7 Å². The van der Waals surface area contributed by atoms with Crippen molar-refractivity contribution in [3.05, 3.63) is 55.1 Å². The largest absolute Gasteiger partial charge is 0.486 e. The van der Waals surface area contributed by atoms with E-state index in [-0.39, 0.29) is 0 Å². The van der Waals surface area contributed by atoms with Crippen LogP contribution in [0.5, 0.6) is 17.4 Å². The number of rotatable bonds is 8. The van der Waals surface area contributed by atoms with Crippen LogP contribution in [0.3, 0.4) is 0 Å². The number of fused-ring (bicyclic) bond motifs is 1. The van der Waals surface area contributed by atoms with Gasteiger partial charge in [0.05, 0.1) is 24.3 Å². The van der Waals surface area contributed by atoms with Crippen molar-refractivity contribution < 1.29 is 14.4 Å². The molecule has 0 bridgehead atoms. The van der Waals surface area contributed by atoms with Gasteiger partial charge in [-0.3, -0.25) is 4.68 Å².